The molecule has 0 amide bonds. The smallest absolute Gasteiger partial charge is 0.263 e. The molecule has 4 heterocycles. The Morgan fingerprint density at radius 3 is 2.51 bits per heavy atom. The lowest BCUT2D eigenvalue weighted by molar-refractivity contribution is -0.00133. The minimum absolute atomic E-state index is 0.146. The number of fused-ring (bicyclic) bond motifs is 1. The van der Waals surface area contributed by atoms with Gasteiger partial charge < -0.3 is 19.2 Å². The normalized spacial score (nSPS) is 28.8. The van der Waals surface area contributed by atoms with E-state index in [0.29, 0.717) is 29.4 Å². The van der Waals surface area contributed by atoms with Crippen LogP contribution in [0.3, 0.4) is 0 Å². The average Bonchev–Trinajstić information content (AvgIpc) is 3.62. The summed E-state index contributed by atoms with van der Waals surface area (Å²) in [6.07, 6.45) is 17.3. The van der Waals surface area contributed by atoms with E-state index in [1.807, 2.05) is 6.07 Å². The van der Waals surface area contributed by atoms with Gasteiger partial charge in [0.25, 0.3) is 5.88 Å². The third kappa shape index (κ3) is 5.95. The Labute approximate surface area is 235 Å². The molecule has 3 aromatic heterocycles. The van der Waals surface area contributed by atoms with Gasteiger partial charge in [-0.3, -0.25) is 4.90 Å². The molecule has 4 fully saturated rings. The maximum atomic E-state index is 6.45. The van der Waals surface area contributed by atoms with Crippen LogP contribution in [0.5, 0.6) is 5.88 Å². The van der Waals surface area contributed by atoms with Crippen LogP contribution in [0.4, 0.5) is 10.9 Å². The van der Waals surface area contributed by atoms with Gasteiger partial charge in [-0.25, -0.2) is 4.98 Å². The average molecular weight is 552 g/mol. The minimum Gasteiger partial charge on any atom is -0.472 e. The Morgan fingerprint density at radius 2 is 1.74 bits per heavy atom. The summed E-state index contributed by atoms with van der Waals surface area (Å²) in [4.78, 5) is 12.0. The minimum atomic E-state index is 0.146. The van der Waals surface area contributed by atoms with Crippen LogP contribution in [0.1, 0.15) is 88.7 Å². The van der Waals surface area contributed by atoms with Crippen molar-refractivity contribution in [2.24, 2.45) is 11.8 Å². The van der Waals surface area contributed by atoms with Crippen LogP contribution in [0.15, 0.2) is 22.8 Å². The van der Waals surface area contributed by atoms with Gasteiger partial charge in [-0.15, -0.1) is 0 Å². The molecular formula is C30H41N5O3S. The van der Waals surface area contributed by atoms with Crippen molar-refractivity contribution >= 4 is 33.6 Å². The van der Waals surface area contributed by atoms with Crippen molar-refractivity contribution < 1.29 is 13.9 Å². The summed E-state index contributed by atoms with van der Waals surface area (Å²) in [5.74, 6) is 3.62. The number of hydrogen-bond acceptors (Lipinski definition) is 9. The lowest BCUT2D eigenvalue weighted by atomic mass is 9.72. The molecule has 0 bridgehead atoms. The number of rotatable bonds is 8. The van der Waals surface area contributed by atoms with Gasteiger partial charge >= 0.3 is 0 Å². The summed E-state index contributed by atoms with van der Waals surface area (Å²) < 4.78 is 22.5. The van der Waals surface area contributed by atoms with E-state index in [9.17, 15) is 0 Å². The molecule has 0 radical (unpaired) electrons. The fourth-order valence-corrected chi connectivity index (χ4v) is 7.86. The molecule has 7 rings (SSSR count). The zero-order valence-corrected chi connectivity index (χ0v) is 23.7. The predicted octanol–water partition coefficient (Wildman–Crippen LogP) is 6.91. The zero-order valence-electron chi connectivity index (χ0n) is 22.9. The largest absolute Gasteiger partial charge is 0.472 e. The van der Waals surface area contributed by atoms with E-state index in [2.05, 4.69) is 16.3 Å². The van der Waals surface area contributed by atoms with Gasteiger partial charge in [0.1, 0.15) is 16.6 Å². The molecule has 0 spiro atoms. The second-order valence-corrected chi connectivity index (χ2v) is 13.0. The molecule has 39 heavy (non-hydrogen) atoms. The van der Waals surface area contributed by atoms with Crippen LogP contribution in [0, 0.1) is 11.8 Å². The van der Waals surface area contributed by atoms with Crippen molar-refractivity contribution in [1.82, 2.24) is 19.2 Å². The number of furan rings is 1. The van der Waals surface area contributed by atoms with Gasteiger partial charge in [-0.1, -0.05) is 19.3 Å². The number of hydrogen-bond donors (Lipinski definition) is 1. The molecule has 1 aliphatic heterocycles. The first-order valence-electron chi connectivity index (χ1n) is 15.2. The number of aromatic nitrogens is 3. The summed E-state index contributed by atoms with van der Waals surface area (Å²) in [6, 6.07) is 4.72. The van der Waals surface area contributed by atoms with E-state index in [4.69, 9.17) is 28.2 Å². The molecule has 1 N–H and O–H groups in total. The van der Waals surface area contributed by atoms with Crippen molar-refractivity contribution in [3.63, 3.8) is 0 Å². The second-order valence-electron chi connectivity index (χ2n) is 12.2. The van der Waals surface area contributed by atoms with E-state index in [1.54, 1.807) is 6.26 Å². The van der Waals surface area contributed by atoms with Crippen molar-refractivity contribution in [3.05, 3.63) is 24.1 Å². The van der Waals surface area contributed by atoms with Crippen LogP contribution < -0.4 is 10.1 Å². The van der Waals surface area contributed by atoms with Crippen LogP contribution in [-0.2, 0) is 4.74 Å². The third-order valence-electron chi connectivity index (χ3n) is 9.68. The molecule has 4 aliphatic rings. The summed E-state index contributed by atoms with van der Waals surface area (Å²) in [7, 11) is 0. The number of nitrogens with zero attached hydrogens (tertiary/aromatic N) is 4. The summed E-state index contributed by atoms with van der Waals surface area (Å²) >= 11 is 1.51. The van der Waals surface area contributed by atoms with Gasteiger partial charge in [-0.2, -0.15) is 9.36 Å². The van der Waals surface area contributed by atoms with Crippen LogP contribution in [-0.4, -0.2) is 57.7 Å². The van der Waals surface area contributed by atoms with E-state index < -0.39 is 0 Å². The molecule has 3 aliphatic carbocycles. The molecule has 210 valence electrons. The lowest BCUT2D eigenvalue weighted by Gasteiger charge is -2.38. The molecule has 0 unspecified atom stereocenters. The monoisotopic (exact) mass is 551 g/mol. The quantitative estimate of drug-likeness (QED) is 0.323. The standard InChI is InChI=1S/C30H41N5O3S/c1-2-20(3-1)18-21-4-6-22(7-5-21)26-19-27(39-34-26)32-30-31-25-12-15-37-28(25)29(33-30)38-24-10-8-23(9-11-24)35-13-16-36-17-14-35/h12,15,19-24H,1-11,13-14,16-18H2,(H,31,32,33). The SMILES string of the molecule is c1cc2nc(Nc3cc(C4CCC(CC5CCC5)CC4)ns3)nc(OC3CCC(N4CCOCC4)CC3)c2o1. The Morgan fingerprint density at radius 1 is 0.949 bits per heavy atom. The molecular weight excluding hydrogens is 510 g/mol. The van der Waals surface area contributed by atoms with Crippen LogP contribution >= 0.6 is 11.5 Å². The topological polar surface area (TPSA) is 85.5 Å². The molecule has 0 atom stereocenters. The van der Waals surface area contributed by atoms with Crippen molar-refractivity contribution in [1.29, 1.82) is 0 Å². The van der Waals surface area contributed by atoms with Gasteiger partial charge in [0.15, 0.2) is 0 Å². The summed E-state index contributed by atoms with van der Waals surface area (Å²) in [5.41, 5.74) is 2.61. The molecule has 8 nitrogen and oxygen atoms in total. The first-order chi connectivity index (χ1) is 19.3. The molecule has 1 saturated heterocycles. The highest BCUT2D eigenvalue weighted by Crippen LogP contribution is 2.42. The number of ether oxygens (including phenoxy) is 2. The van der Waals surface area contributed by atoms with E-state index >= 15 is 0 Å². The van der Waals surface area contributed by atoms with Gasteiger partial charge in [0, 0.05) is 31.1 Å². The second kappa shape index (κ2) is 11.7. The van der Waals surface area contributed by atoms with Crippen molar-refractivity contribution in [2.75, 3.05) is 31.6 Å². The highest BCUT2D eigenvalue weighted by atomic mass is 32.1. The van der Waals surface area contributed by atoms with Crippen LogP contribution in [0.25, 0.3) is 11.1 Å². The van der Waals surface area contributed by atoms with Gasteiger partial charge in [0.2, 0.25) is 11.5 Å². The van der Waals surface area contributed by atoms with Crippen LogP contribution in [0.2, 0.25) is 0 Å². The Kier molecular flexibility index (Phi) is 7.72. The Bertz CT molecular complexity index is 1220. The fourth-order valence-electron chi connectivity index (χ4n) is 7.15. The maximum absolute atomic E-state index is 6.45. The van der Waals surface area contributed by atoms with Crippen molar-refractivity contribution in [2.45, 2.75) is 95.1 Å². The predicted molar refractivity (Wildman–Crippen MR) is 153 cm³/mol. The summed E-state index contributed by atoms with van der Waals surface area (Å²) in [5, 5.41) is 4.40. The Balaban J connectivity index is 0.969. The van der Waals surface area contributed by atoms with E-state index in [0.717, 1.165) is 74.3 Å². The zero-order chi connectivity index (χ0) is 26.0. The highest BCUT2D eigenvalue weighted by molar-refractivity contribution is 7.10. The summed E-state index contributed by atoms with van der Waals surface area (Å²) in [6.45, 7) is 3.80. The van der Waals surface area contributed by atoms with Gasteiger partial charge in [0.05, 0.1) is 25.2 Å². The molecule has 0 aromatic carbocycles. The molecule has 3 aromatic rings. The maximum Gasteiger partial charge on any atom is 0.263 e. The first kappa shape index (κ1) is 25.7. The lowest BCUT2D eigenvalue weighted by Crippen LogP contribution is -2.46. The fraction of sp³-hybridized carbons (Fsp3) is 0.700. The number of nitrogens with one attached hydrogen (secondary N) is 1. The molecule has 9 heteroatoms. The Hall–Kier alpha value is -2.23. The number of anilines is 2. The van der Waals surface area contributed by atoms with E-state index in [-0.39, 0.29) is 6.10 Å². The van der Waals surface area contributed by atoms with Crippen molar-refractivity contribution in [3.8, 4) is 5.88 Å². The van der Waals surface area contributed by atoms with E-state index in [1.165, 1.54) is 68.6 Å². The van der Waals surface area contributed by atoms with Gasteiger partial charge in [-0.05, 0) is 87.2 Å². The highest BCUT2D eigenvalue weighted by Gasteiger charge is 2.30. The third-order valence-corrected chi connectivity index (χ3v) is 10.4. The number of morpholine rings is 1. The first-order valence-corrected chi connectivity index (χ1v) is 16.0. The molecule has 3 saturated carbocycles.